The van der Waals surface area contributed by atoms with Crippen LogP contribution >= 0.6 is 34.8 Å². The third kappa shape index (κ3) is 4.81. The molecule has 0 saturated heterocycles. The van der Waals surface area contributed by atoms with Crippen LogP contribution in [-0.4, -0.2) is 26.8 Å². The SMILES string of the molecule is O=C(Nc1cc(Cl)cc(Cl)c1)Nc1nc(Cl)nc(C2CCCCC2=O)n1. The predicted octanol–water partition coefficient (Wildman–Crippen LogP) is 4.70. The van der Waals surface area contributed by atoms with Gasteiger partial charge in [0.15, 0.2) is 0 Å². The minimum atomic E-state index is -0.605. The molecule has 1 saturated carbocycles. The van der Waals surface area contributed by atoms with Crippen molar-refractivity contribution in [3.8, 4) is 0 Å². The van der Waals surface area contributed by atoms with E-state index >= 15 is 0 Å². The van der Waals surface area contributed by atoms with Crippen LogP contribution in [0.25, 0.3) is 0 Å². The third-order valence-electron chi connectivity index (χ3n) is 3.84. The second kappa shape index (κ2) is 8.16. The van der Waals surface area contributed by atoms with Gasteiger partial charge in [-0.1, -0.05) is 29.6 Å². The Balaban J connectivity index is 1.74. The topological polar surface area (TPSA) is 96.9 Å². The fourth-order valence-corrected chi connectivity index (χ4v) is 3.42. The van der Waals surface area contributed by atoms with Crippen molar-refractivity contribution in [1.82, 2.24) is 15.0 Å². The maximum Gasteiger partial charge on any atom is 0.326 e. The predicted molar refractivity (Wildman–Crippen MR) is 100 cm³/mol. The summed E-state index contributed by atoms with van der Waals surface area (Å²) in [4.78, 5) is 36.3. The van der Waals surface area contributed by atoms with E-state index in [0.29, 0.717) is 28.6 Å². The fraction of sp³-hybridized carbons (Fsp3) is 0.312. The minimum Gasteiger partial charge on any atom is -0.308 e. The molecule has 136 valence electrons. The lowest BCUT2D eigenvalue weighted by molar-refractivity contribution is -0.122. The van der Waals surface area contributed by atoms with Crippen molar-refractivity contribution in [3.05, 3.63) is 39.4 Å². The number of urea groups is 1. The largest absolute Gasteiger partial charge is 0.326 e. The van der Waals surface area contributed by atoms with Crippen LogP contribution in [0.5, 0.6) is 0 Å². The number of nitrogens with zero attached hydrogens (tertiary/aromatic N) is 3. The van der Waals surface area contributed by atoms with E-state index in [1.807, 2.05) is 0 Å². The van der Waals surface area contributed by atoms with Crippen molar-refractivity contribution in [1.29, 1.82) is 0 Å². The van der Waals surface area contributed by atoms with Crippen molar-refractivity contribution < 1.29 is 9.59 Å². The molecule has 1 heterocycles. The van der Waals surface area contributed by atoms with E-state index in [1.165, 1.54) is 0 Å². The number of benzene rings is 1. The van der Waals surface area contributed by atoms with E-state index in [0.717, 1.165) is 12.8 Å². The number of nitrogens with one attached hydrogen (secondary N) is 2. The van der Waals surface area contributed by atoms with E-state index in [4.69, 9.17) is 34.8 Å². The molecule has 1 aromatic heterocycles. The molecule has 2 amide bonds. The number of amides is 2. The Kier molecular flexibility index (Phi) is 5.90. The molecule has 2 N–H and O–H groups in total. The second-order valence-electron chi connectivity index (χ2n) is 5.79. The van der Waals surface area contributed by atoms with Crippen molar-refractivity contribution in [2.45, 2.75) is 31.6 Å². The number of hydrogen-bond donors (Lipinski definition) is 2. The highest BCUT2D eigenvalue weighted by molar-refractivity contribution is 6.35. The molecule has 0 radical (unpaired) electrons. The Labute approximate surface area is 164 Å². The molecule has 0 spiro atoms. The number of halogens is 3. The van der Waals surface area contributed by atoms with Gasteiger partial charge < -0.3 is 5.32 Å². The number of ketones is 1. The quantitative estimate of drug-likeness (QED) is 0.758. The first kappa shape index (κ1) is 18.8. The number of carbonyl (C=O) groups is 2. The van der Waals surface area contributed by atoms with Gasteiger partial charge in [-0.25, -0.2) is 9.78 Å². The zero-order valence-electron chi connectivity index (χ0n) is 13.4. The van der Waals surface area contributed by atoms with Crippen LogP contribution < -0.4 is 10.6 Å². The molecule has 1 fully saturated rings. The Morgan fingerprint density at radius 3 is 2.42 bits per heavy atom. The molecule has 10 heteroatoms. The summed E-state index contributed by atoms with van der Waals surface area (Å²) < 4.78 is 0. The first-order valence-electron chi connectivity index (χ1n) is 7.89. The number of carbonyl (C=O) groups excluding carboxylic acids is 2. The van der Waals surface area contributed by atoms with E-state index in [9.17, 15) is 9.59 Å². The lowest BCUT2D eigenvalue weighted by Gasteiger charge is -2.19. The molecule has 0 aliphatic heterocycles. The van der Waals surface area contributed by atoms with E-state index in [1.54, 1.807) is 18.2 Å². The summed E-state index contributed by atoms with van der Waals surface area (Å²) in [5, 5.41) is 5.72. The van der Waals surface area contributed by atoms with Gasteiger partial charge in [0.25, 0.3) is 0 Å². The van der Waals surface area contributed by atoms with Gasteiger partial charge >= 0.3 is 6.03 Å². The second-order valence-corrected chi connectivity index (χ2v) is 7.00. The molecule has 0 bridgehead atoms. The maximum absolute atomic E-state index is 12.1. The minimum absolute atomic E-state index is 0.0380. The van der Waals surface area contributed by atoms with E-state index < -0.39 is 11.9 Å². The summed E-state index contributed by atoms with van der Waals surface area (Å²) in [5.74, 6) is -0.109. The van der Waals surface area contributed by atoms with Crippen LogP contribution in [0, 0.1) is 0 Å². The molecule has 7 nitrogen and oxygen atoms in total. The monoisotopic (exact) mass is 413 g/mol. The third-order valence-corrected chi connectivity index (χ3v) is 4.44. The maximum atomic E-state index is 12.1. The molecule has 1 aliphatic rings. The molecule has 1 atom stereocenters. The van der Waals surface area contributed by atoms with Gasteiger partial charge in [-0.05, 0) is 42.6 Å². The fourth-order valence-electron chi connectivity index (χ4n) is 2.72. The number of Topliss-reactive ketones (excluding diaryl/α,β-unsaturated/α-hetero) is 1. The summed E-state index contributed by atoms with van der Waals surface area (Å²) in [7, 11) is 0. The Morgan fingerprint density at radius 2 is 1.73 bits per heavy atom. The molecule has 1 aromatic carbocycles. The molecule has 1 aliphatic carbocycles. The number of rotatable bonds is 3. The van der Waals surface area contributed by atoms with Gasteiger partial charge in [0, 0.05) is 22.2 Å². The van der Waals surface area contributed by atoms with Crippen LogP contribution in [-0.2, 0) is 4.79 Å². The van der Waals surface area contributed by atoms with Crippen molar-refractivity contribution in [2.24, 2.45) is 0 Å². The molecular formula is C16H14Cl3N5O2. The van der Waals surface area contributed by atoms with Gasteiger partial charge in [-0.3, -0.25) is 10.1 Å². The van der Waals surface area contributed by atoms with Crippen LogP contribution in [0.2, 0.25) is 15.3 Å². The van der Waals surface area contributed by atoms with Gasteiger partial charge in [0.2, 0.25) is 11.2 Å². The standard InChI is InChI=1S/C16H14Cl3N5O2/c17-8-5-9(18)7-10(6-8)20-16(26)24-15-22-13(21-14(19)23-15)11-3-1-2-4-12(11)25/h5-7,11H,1-4H2,(H2,20,21,22,23,24,26). The van der Waals surface area contributed by atoms with Gasteiger partial charge in [0.05, 0.1) is 5.92 Å². The summed E-state index contributed by atoms with van der Waals surface area (Å²) in [6, 6.07) is 4.02. The summed E-state index contributed by atoms with van der Waals surface area (Å²) in [5.41, 5.74) is 0.405. The summed E-state index contributed by atoms with van der Waals surface area (Å²) in [6.45, 7) is 0. The van der Waals surface area contributed by atoms with Crippen LogP contribution in [0.3, 0.4) is 0 Å². The zero-order chi connectivity index (χ0) is 18.7. The van der Waals surface area contributed by atoms with Crippen molar-refractivity contribution in [3.63, 3.8) is 0 Å². The lowest BCUT2D eigenvalue weighted by atomic mass is 9.87. The highest BCUT2D eigenvalue weighted by Crippen LogP contribution is 2.28. The molecule has 26 heavy (non-hydrogen) atoms. The highest BCUT2D eigenvalue weighted by Gasteiger charge is 2.27. The van der Waals surface area contributed by atoms with Crippen molar-refractivity contribution in [2.75, 3.05) is 10.6 Å². The van der Waals surface area contributed by atoms with Gasteiger partial charge in [-0.15, -0.1) is 0 Å². The van der Waals surface area contributed by atoms with E-state index in [2.05, 4.69) is 25.6 Å². The first-order chi connectivity index (χ1) is 12.4. The summed E-state index contributed by atoms with van der Waals surface area (Å²) in [6.07, 6.45) is 2.93. The number of hydrogen-bond acceptors (Lipinski definition) is 5. The molecule has 2 aromatic rings. The van der Waals surface area contributed by atoms with Crippen molar-refractivity contribution >= 4 is 58.3 Å². The average Bonchev–Trinajstić information content (AvgIpc) is 2.53. The Hall–Kier alpha value is -1.96. The molecule has 3 rings (SSSR count). The van der Waals surface area contributed by atoms with Crippen LogP contribution in [0.1, 0.15) is 37.4 Å². The van der Waals surface area contributed by atoms with Crippen LogP contribution in [0.15, 0.2) is 18.2 Å². The van der Waals surface area contributed by atoms with Crippen LogP contribution in [0.4, 0.5) is 16.4 Å². The summed E-state index contributed by atoms with van der Waals surface area (Å²) >= 11 is 17.7. The molecular weight excluding hydrogens is 401 g/mol. The normalized spacial score (nSPS) is 17.0. The Morgan fingerprint density at radius 1 is 1.00 bits per heavy atom. The zero-order valence-corrected chi connectivity index (χ0v) is 15.7. The number of aromatic nitrogens is 3. The van der Waals surface area contributed by atoms with E-state index in [-0.39, 0.29) is 22.8 Å². The average molecular weight is 415 g/mol. The highest BCUT2D eigenvalue weighted by atomic mass is 35.5. The lowest BCUT2D eigenvalue weighted by Crippen LogP contribution is -2.24. The smallest absolute Gasteiger partial charge is 0.308 e. The first-order valence-corrected chi connectivity index (χ1v) is 9.02. The Bertz CT molecular complexity index is 842. The number of anilines is 2. The van der Waals surface area contributed by atoms with Gasteiger partial charge in [-0.2, -0.15) is 9.97 Å². The van der Waals surface area contributed by atoms with Gasteiger partial charge in [0.1, 0.15) is 11.6 Å². The molecule has 1 unspecified atom stereocenters.